The molecule has 0 saturated heterocycles. The lowest BCUT2D eigenvalue weighted by Crippen LogP contribution is -2.16. The Morgan fingerprint density at radius 1 is 1.24 bits per heavy atom. The van der Waals surface area contributed by atoms with Crippen molar-refractivity contribution in [2.75, 3.05) is 0 Å². The standard InChI is InChI=1S/C16H20N4S/c1-3-8-20-15-7-5-4-6-14(15)19-16(20)11-17-9-13-10-18-12(2)21-13/h4-7,10,17H,3,8-9,11H2,1-2H3. The van der Waals surface area contributed by atoms with E-state index in [9.17, 15) is 0 Å². The van der Waals surface area contributed by atoms with Gasteiger partial charge in [0.2, 0.25) is 0 Å². The number of aromatic nitrogens is 3. The summed E-state index contributed by atoms with van der Waals surface area (Å²) < 4.78 is 2.32. The van der Waals surface area contributed by atoms with Gasteiger partial charge in [0.05, 0.1) is 22.6 Å². The fourth-order valence-electron chi connectivity index (χ4n) is 2.52. The van der Waals surface area contributed by atoms with Gasteiger partial charge in [-0.3, -0.25) is 0 Å². The lowest BCUT2D eigenvalue weighted by Gasteiger charge is -2.08. The highest BCUT2D eigenvalue weighted by Crippen LogP contribution is 2.17. The van der Waals surface area contributed by atoms with Gasteiger partial charge in [-0.05, 0) is 25.5 Å². The average Bonchev–Trinajstić information content (AvgIpc) is 3.04. The van der Waals surface area contributed by atoms with E-state index in [2.05, 4.69) is 40.0 Å². The van der Waals surface area contributed by atoms with Crippen molar-refractivity contribution in [2.45, 2.75) is 39.9 Å². The fraction of sp³-hybridized carbons (Fsp3) is 0.375. The molecule has 0 bridgehead atoms. The van der Waals surface area contributed by atoms with Crippen molar-refractivity contribution in [3.8, 4) is 0 Å². The Labute approximate surface area is 128 Å². The molecule has 1 aromatic carbocycles. The van der Waals surface area contributed by atoms with Gasteiger partial charge in [-0.1, -0.05) is 19.1 Å². The van der Waals surface area contributed by atoms with Crippen molar-refractivity contribution in [2.24, 2.45) is 0 Å². The number of benzene rings is 1. The number of hydrogen-bond donors (Lipinski definition) is 1. The molecule has 0 unspecified atom stereocenters. The minimum absolute atomic E-state index is 0.783. The molecular weight excluding hydrogens is 280 g/mol. The van der Waals surface area contributed by atoms with E-state index in [0.29, 0.717) is 0 Å². The van der Waals surface area contributed by atoms with E-state index in [1.165, 1.54) is 10.4 Å². The maximum Gasteiger partial charge on any atom is 0.123 e. The van der Waals surface area contributed by atoms with Crippen LogP contribution in [0.1, 0.15) is 29.1 Å². The molecule has 4 nitrogen and oxygen atoms in total. The number of aryl methyl sites for hydroxylation is 2. The van der Waals surface area contributed by atoms with Gasteiger partial charge in [0.15, 0.2) is 0 Å². The summed E-state index contributed by atoms with van der Waals surface area (Å²) in [6.45, 7) is 6.88. The van der Waals surface area contributed by atoms with E-state index < -0.39 is 0 Å². The SMILES string of the molecule is CCCn1c(CNCc2cnc(C)s2)nc2ccccc21. The van der Waals surface area contributed by atoms with Crippen molar-refractivity contribution < 1.29 is 0 Å². The van der Waals surface area contributed by atoms with E-state index in [0.717, 1.165) is 42.4 Å². The first-order chi connectivity index (χ1) is 10.3. The predicted molar refractivity (Wildman–Crippen MR) is 87.4 cm³/mol. The molecule has 2 aromatic heterocycles. The molecule has 0 fully saturated rings. The number of nitrogens with one attached hydrogen (secondary N) is 1. The summed E-state index contributed by atoms with van der Waals surface area (Å²) in [7, 11) is 0. The second kappa shape index (κ2) is 6.37. The average molecular weight is 300 g/mol. The highest BCUT2D eigenvalue weighted by atomic mass is 32.1. The van der Waals surface area contributed by atoms with Gasteiger partial charge in [-0.15, -0.1) is 11.3 Å². The van der Waals surface area contributed by atoms with Gasteiger partial charge in [-0.2, -0.15) is 0 Å². The molecule has 0 saturated carbocycles. The summed E-state index contributed by atoms with van der Waals surface area (Å²) in [6.07, 6.45) is 3.06. The Kier molecular flexibility index (Phi) is 4.31. The van der Waals surface area contributed by atoms with Crippen LogP contribution in [0.25, 0.3) is 11.0 Å². The highest BCUT2D eigenvalue weighted by molar-refractivity contribution is 7.11. The Balaban J connectivity index is 1.74. The Hall–Kier alpha value is -1.72. The van der Waals surface area contributed by atoms with E-state index in [1.54, 1.807) is 11.3 Å². The molecule has 0 aliphatic carbocycles. The molecule has 1 N–H and O–H groups in total. The lowest BCUT2D eigenvalue weighted by atomic mass is 10.3. The van der Waals surface area contributed by atoms with Gasteiger partial charge in [0.1, 0.15) is 5.82 Å². The molecule has 0 spiro atoms. The molecule has 2 heterocycles. The molecule has 21 heavy (non-hydrogen) atoms. The van der Waals surface area contributed by atoms with E-state index in [-0.39, 0.29) is 0 Å². The number of nitrogens with zero attached hydrogens (tertiary/aromatic N) is 3. The molecule has 5 heteroatoms. The Bertz CT molecular complexity index is 729. The maximum atomic E-state index is 4.76. The van der Waals surface area contributed by atoms with Crippen LogP contribution in [0, 0.1) is 6.92 Å². The molecule has 0 aliphatic rings. The molecule has 0 aliphatic heterocycles. The van der Waals surface area contributed by atoms with E-state index in [4.69, 9.17) is 4.98 Å². The molecule has 0 atom stereocenters. The smallest absolute Gasteiger partial charge is 0.123 e. The van der Waals surface area contributed by atoms with Crippen molar-refractivity contribution in [3.63, 3.8) is 0 Å². The maximum absolute atomic E-state index is 4.76. The van der Waals surface area contributed by atoms with Crippen LogP contribution in [0.15, 0.2) is 30.5 Å². The minimum Gasteiger partial charge on any atom is -0.327 e. The summed E-state index contributed by atoms with van der Waals surface area (Å²) >= 11 is 1.74. The second-order valence-corrected chi connectivity index (χ2v) is 6.44. The summed E-state index contributed by atoms with van der Waals surface area (Å²) in [4.78, 5) is 10.3. The van der Waals surface area contributed by atoms with Gasteiger partial charge >= 0.3 is 0 Å². The van der Waals surface area contributed by atoms with Crippen LogP contribution < -0.4 is 5.32 Å². The third-order valence-corrected chi connectivity index (χ3v) is 4.35. The number of imidazole rings is 1. The third-order valence-electron chi connectivity index (χ3n) is 3.43. The summed E-state index contributed by atoms with van der Waals surface area (Å²) in [5.74, 6) is 1.11. The second-order valence-electron chi connectivity index (χ2n) is 5.12. The Morgan fingerprint density at radius 2 is 2.10 bits per heavy atom. The first-order valence-corrected chi connectivity index (χ1v) is 8.15. The number of para-hydroxylation sites is 2. The van der Waals surface area contributed by atoms with Gasteiger partial charge in [0.25, 0.3) is 0 Å². The fourth-order valence-corrected chi connectivity index (χ4v) is 3.28. The van der Waals surface area contributed by atoms with Crippen molar-refractivity contribution in [3.05, 3.63) is 46.2 Å². The van der Waals surface area contributed by atoms with Crippen LogP contribution in [0.3, 0.4) is 0 Å². The number of rotatable bonds is 6. The first kappa shape index (κ1) is 14.2. The Morgan fingerprint density at radius 3 is 2.86 bits per heavy atom. The molecule has 0 radical (unpaired) electrons. The van der Waals surface area contributed by atoms with Gasteiger partial charge < -0.3 is 9.88 Å². The van der Waals surface area contributed by atoms with Crippen LogP contribution in [0.5, 0.6) is 0 Å². The van der Waals surface area contributed by atoms with E-state index >= 15 is 0 Å². The van der Waals surface area contributed by atoms with Crippen LogP contribution >= 0.6 is 11.3 Å². The van der Waals surface area contributed by atoms with Crippen molar-refractivity contribution in [1.82, 2.24) is 19.9 Å². The van der Waals surface area contributed by atoms with Gasteiger partial charge in [0, 0.05) is 24.2 Å². The third kappa shape index (κ3) is 3.14. The molecule has 3 aromatic rings. The van der Waals surface area contributed by atoms with Crippen LogP contribution in [0.4, 0.5) is 0 Å². The number of thiazole rings is 1. The normalized spacial score (nSPS) is 11.3. The summed E-state index contributed by atoms with van der Waals surface area (Å²) in [5.41, 5.74) is 2.31. The lowest BCUT2D eigenvalue weighted by molar-refractivity contribution is 0.600. The predicted octanol–water partition coefficient (Wildman–Crippen LogP) is 3.50. The highest BCUT2D eigenvalue weighted by Gasteiger charge is 2.09. The van der Waals surface area contributed by atoms with Crippen LogP contribution in [-0.2, 0) is 19.6 Å². The summed E-state index contributed by atoms with van der Waals surface area (Å²) in [6, 6.07) is 8.35. The molecule has 110 valence electrons. The number of hydrogen-bond acceptors (Lipinski definition) is 4. The van der Waals surface area contributed by atoms with E-state index in [1.807, 2.05) is 19.2 Å². The van der Waals surface area contributed by atoms with Gasteiger partial charge in [-0.25, -0.2) is 9.97 Å². The van der Waals surface area contributed by atoms with Crippen molar-refractivity contribution in [1.29, 1.82) is 0 Å². The summed E-state index contributed by atoms with van der Waals surface area (Å²) in [5, 5.41) is 4.59. The molecule has 0 amide bonds. The van der Waals surface area contributed by atoms with Crippen LogP contribution in [0.2, 0.25) is 0 Å². The zero-order valence-corrected chi connectivity index (χ0v) is 13.3. The van der Waals surface area contributed by atoms with Crippen LogP contribution in [-0.4, -0.2) is 14.5 Å². The molecular formula is C16H20N4S. The number of fused-ring (bicyclic) bond motifs is 1. The minimum atomic E-state index is 0.783. The molecule has 3 rings (SSSR count). The zero-order valence-electron chi connectivity index (χ0n) is 12.5. The quantitative estimate of drug-likeness (QED) is 0.757. The topological polar surface area (TPSA) is 42.7 Å². The monoisotopic (exact) mass is 300 g/mol. The largest absolute Gasteiger partial charge is 0.327 e. The zero-order chi connectivity index (χ0) is 14.7. The first-order valence-electron chi connectivity index (χ1n) is 7.34. The van der Waals surface area contributed by atoms with Crippen molar-refractivity contribution >= 4 is 22.4 Å².